The fourth-order valence-corrected chi connectivity index (χ4v) is 4.00. The van der Waals surface area contributed by atoms with Crippen LogP contribution in [0.25, 0.3) is 10.9 Å². The van der Waals surface area contributed by atoms with E-state index in [9.17, 15) is 18.8 Å². The van der Waals surface area contributed by atoms with Crippen molar-refractivity contribution in [1.82, 2.24) is 14.5 Å². The van der Waals surface area contributed by atoms with Gasteiger partial charge >= 0.3 is 5.69 Å². The quantitative estimate of drug-likeness (QED) is 0.438. The maximum Gasteiger partial charge on any atom is 0.332 e. The van der Waals surface area contributed by atoms with Crippen LogP contribution in [0.2, 0.25) is 0 Å². The highest BCUT2D eigenvalue weighted by Gasteiger charge is 2.16. The Hall–Kier alpha value is -4.00. The van der Waals surface area contributed by atoms with Gasteiger partial charge in [-0.05, 0) is 55.2 Å². The lowest BCUT2D eigenvalue weighted by molar-refractivity contribution is -0.122. The van der Waals surface area contributed by atoms with Crippen LogP contribution < -0.4 is 16.6 Å². The lowest BCUT2D eigenvalue weighted by Crippen LogP contribution is -2.44. The summed E-state index contributed by atoms with van der Waals surface area (Å²) in [7, 11) is 0. The van der Waals surface area contributed by atoms with Crippen LogP contribution >= 0.6 is 0 Å². The minimum atomic E-state index is -0.583. The van der Waals surface area contributed by atoms with Gasteiger partial charge in [-0.15, -0.1) is 0 Å². The van der Waals surface area contributed by atoms with Crippen molar-refractivity contribution in [3.8, 4) is 0 Å². The first-order chi connectivity index (χ1) is 16.4. The van der Waals surface area contributed by atoms with Gasteiger partial charge in [-0.1, -0.05) is 54.6 Å². The summed E-state index contributed by atoms with van der Waals surface area (Å²) in [6, 6.07) is 22.3. The fourth-order valence-electron chi connectivity index (χ4n) is 4.00. The summed E-state index contributed by atoms with van der Waals surface area (Å²) in [4.78, 5) is 39.1. The molecular weight excluding hydrogens is 433 g/mol. The van der Waals surface area contributed by atoms with Gasteiger partial charge in [0.1, 0.15) is 12.4 Å². The molecule has 6 nitrogen and oxygen atoms in total. The first kappa shape index (κ1) is 23.2. The Kier molecular flexibility index (Phi) is 7.01. The monoisotopic (exact) mass is 459 g/mol. The Morgan fingerprint density at radius 2 is 1.56 bits per heavy atom. The van der Waals surface area contributed by atoms with E-state index in [0.717, 1.165) is 17.4 Å². The van der Waals surface area contributed by atoms with Gasteiger partial charge in [0, 0.05) is 6.04 Å². The second kappa shape index (κ2) is 10.3. The van der Waals surface area contributed by atoms with Crippen LogP contribution in [0.4, 0.5) is 4.39 Å². The van der Waals surface area contributed by atoms with Gasteiger partial charge in [0.05, 0.1) is 17.4 Å². The molecule has 1 heterocycles. The second-order valence-electron chi connectivity index (χ2n) is 8.40. The smallest absolute Gasteiger partial charge is 0.332 e. The minimum absolute atomic E-state index is 0.0160. The van der Waals surface area contributed by atoms with Crippen molar-refractivity contribution in [3.63, 3.8) is 0 Å². The Balaban J connectivity index is 1.57. The van der Waals surface area contributed by atoms with E-state index in [0.29, 0.717) is 16.5 Å². The SMILES string of the molecule is C[C@H](CCc1ccccc1)NC(=O)Cn1c(=O)n(Cc2ccc(F)cc2)c(=O)c2ccccc21. The summed E-state index contributed by atoms with van der Waals surface area (Å²) >= 11 is 0. The highest BCUT2D eigenvalue weighted by molar-refractivity contribution is 5.81. The van der Waals surface area contributed by atoms with E-state index in [1.165, 1.54) is 34.4 Å². The maximum atomic E-state index is 13.3. The van der Waals surface area contributed by atoms with Crippen LogP contribution in [0.1, 0.15) is 24.5 Å². The molecule has 0 aliphatic carbocycles. The Bertz CT molecular complexity index is 1410. The van der Waals surface area contributed by atoms with Crippen LogP contribution in [0.5, 0.6) is 0 Å². The van der Waals surface area contributed by atoms with Crippen molar-refractivity contribution >= 4 is 16.8 Å². The molecule has 1 aromatic heterocycles. The summed E-state index contributed by atoms with van der Waals surface area (Å²) in [6.45, 7) is 1.70. The molecular formula is C27H26FN3O3. The Labute approximate surface area is 196 Å². The number of carbonyl (C=O) groups is 1. The average Bonchev–Trinajstić information content (AvgIpc) is 2.85. The molecule has 0 aliphatic heterocycles. The van der Waals surface area contributed by atoms with Crippen LogP contribution in [0, 0.1) is 5.82 Å². The zero-order valence-corrected chi connectivity index (χ0v) is 18.9. The average molecular weight is 460 g/mol. The van der Waals surface area contributed by atoms with Crippen molar-refractivity contribution in [2.75, 3.05) is 0 Å². The number of amides is 1. The summed E-state index contributed by atoms with van der Waals surface area (Å²) in [5.41, 5.74) is 1.18. The third-order valence-electron chi connectivity index (χ3n) is 5.80. The first-order valence-electron chi connectivity index (χ1n) is 11.2. The Morgan fingerprint density at radius 3 is 2.29 bits per heavy atom. The van der Waals surface area contributed by atoms with E-state index < -0.39 is 17.1 Å². The molecule has 34 heavy (non-hydrogen) atoms. The highest BCUT2D eigenvalue weighted by Crippen LogP contribution is 2.10. The normalized spacial score (nSPS) is 11.9. The Morgan fingerprint density at radius 1 is 0.882 bits per heavy atom. The van der Waals surface area contributed by atoms with Crippen molar-refractivity contribution in [1.29, 1.82) is 0 Å². The lowest BCUT2D eigenvalue weighted by atomic mass is 10.1. The molecule has 0 aliphatic rings. The van der Waals surface area contributed by atoms with E-state index in [1.54, 1.807) is 24.3 Å². The second-order valence-corrected chi connectivity index (χ2v) is 8.40. The van der Waals surface area contributed by atoms with E-state index >= 15 is 0 Å². The minimum Gasteiger partial charge on any atom is -0.352 e. The highest BCUT2D eigenvalue weighted by atomic mass is 19.1. The molecule has 0 fully saturated rings. The van der Waals surface area contributed by atoms with Crippen LogP contribution in [0.3, 0.4) is 0 Å². The molecule has 1 atom stereocenters. The van der Waals surface area contributed by atoms with Crippen molar-refractivity contribution in [2.24, 2.45) is 0 Å². The largest absolute Gasteiger partial charge is 0.352 e. The van der Waals surface area contributed by atoms with Crippen molar-refractivity contribution in [2.45, 2.75) is 38.9 Å². The molecule has 174 valence electrons. The third kappa shape index (κ3) is 5.31. The number of fused-ring (bicyclic) bond motifs is 1. The zero-order valence-electron chi connectivity index (χ0n) is 18.9. The molecule has 0 saturated carbocycles. The number of nitrogens with zero attached hydrogens (tertiary/aromatic N) is 2. The van der Waals surface area contributed by atoms with E-state index in [-0.39, 0.29) is 25.0 Å². The number of rotatable bonds is 8. The van der Waals surface area contributed by atoms with E-state index in [4.69, 9.17) is 0 Å². The standard InChI is InChI=1S/C27H26FN3O3/c1-19(11-12-20-7-3-2-4-8-20)29-25(32)18-30-24-10-6-5-9-23(24)26(33)31(27(30)34)17-21-13-15-22(28)16-14-21/h2-10,13-16,19H,11-12,17-18H2,1H3,(H,29,32)/t19-/m1/s1. The van der Waals surface area contributed by atoms with Crippen molar-refractivity contribution < 1.29 is 9.18 Å². The molecule has 0 bridgehead atoms. The van der Waals surface area contributed by atoms with Gasteiger partial charge in [-0.3, -0.25) is 18.7 Å². The molecule has 0 saturated heterocycles. The lowest BCUT2D eigenvalue weighted by Gasteiger charge is -2.17. The number of aryl methyl sites for hydroxylation is 1. The molecule has 4 rings (SSSR count). The van der Waals surface area contributed by atoms with Crippen LogP contribution in [-0.4, -0.2) is 21.1 Å². The summed E-state index contributed by atoms with van der Waals surface area (Å²) in [5.74, 6) is -0.704. The molecule has 3 aromatic carbocycles. The van der Waals surface area contributed by atoms with Gasteiger partial charge in [0.2, 0.25) is 5.91 Å². The maximum absolute atomic E-state index is 13.3. The molecule has 0 radical (unpaired) electrons. The van der Waals surface area contributed by atoms with E-state index in [2.05, 4.69) is 5.32 Å². The molecule has 0 unspecified atom stereocenters. The number of benzene rings is 3. The molecule has 0 spiro atoms. The summed E-state index contributed by atoms with van der Waals surface area (Å²) in [6.07, 6.45) is 1.59. The van der Waals surface area contributed by atoms with E-state index in [1.807, 2.05) is 37.3 Å². The number of carbonyl (C=O) groups excluding carboxylic acids is 1. The molecule has 4 aromatic rings. The van der Waals surface area contributed by atoms with Gasteiger partial charge in [0.25, 0.3) is 5.56 Å². The van der Waals surface area contributed by atoms with Gasteiger partial charge in [-0.2, -0.15) is 0 Å². The third-order valence-corrected chi connectivity index (χ3v) is 5.80. The van der Waals surface area contributed by atoms with Gasteiger partial charge < -0.3 is 5.32 Å². The number of hydrogen-bond donors (Lipinski definition) is 1. The fraction of sp³-hybridized carbons (Fsp3) is 0.222. The summed E-state index contributed by atoms with van der Waals surface area (Å²) in [5, 5.41) is 3.29. The molecule has 1 N–H and O–H groups in total. The van der Waals surface area contributed by atoms with Crippen molar-refractivity contribution in [3.05, 3.63) is 117 Å². The number of hydrogen-bond acceptors (Lipinski definition) is 3. The number of para-hydroxylation sites is 1. The topological polar surface area (TPSA) is 73.1 Å². The van der Waals surface area contributed by atoms with Crippen LogP contribution in [0.15, 0.2) is 88.5 Å². The number of aromatic nitrogens is 2. The predicted molar refractivity (Wildman–Crippen MR) is 130 cm³/mol. The van der Waals surface area contributed by atoms with Crippen LogP contribution in [-0.2, 0) is 24.3 Å². The number of halogens is 1. The van der Waals surface area contributed by atoms with Gasteiger partial charge in [0.15, 0.2) is 0 Å². The summed E-state index contributed by atoms with van der Waals surface area (Å²) < 4.78 is 15.7. The first-order valence-corrected chi connectivity index (χ1v) is 11.2. The van der Waals surface area contributed by atoms with Gasteiger partial charge in [-0.25, -0.2) is 9.18 Å². The predicted octanol–water partition coefficient (Wildman–Crippen LogP) is 3.49. The molecule has 7 heteroatoms. The number of nitrogens with one attached hydrogen (secondary N) is 1. The molecule has 1 amide bonds. The zero-order chi connectivity index (χ0) is 24.1.